The van der Waals surface area contributed by atoms with Crippen molar-refractivity contribution in [3.05, 3.63) is 91.0 Å². The van der Waals surface area contributed by atoms with Gasteiger partial charge in [0.15, 0.2) is 0 Å². The van der Waals surface area contributed by atoms with Crippen LogP contribution >= 0.6 is 0 Å². The number of hydrogen-bond donors (Lipinski definition) is 1. The molecule has 3 rings (SSSR count). The molecule has 0 saturated heterocycles. The number of rotatable bonds is 5. The normalized spacial score (nSPS) is 10.0. The van der Waals surface area contributed by atoms with E-state index in [-0.39, 0.29) is 0 Å². The van der Waals surface area contributed by atoms with E-state index in [1.165, 1.54) is 10.7 Å². The van der Waals surface area contributed by atoms with Gasteiger partial charge in [-0.2, -0.15) is 0 Å². The summed E-state index contributed by atoms with van der Waals surface area (Å²) in [5, 5.41) is 7.91. The van der Waals surface area contributed by atoms with Crippen LogP contribution in [0.1, 0.15) is 19.8 Å². The van der Waals surface area contributed by atoms with E-state index in [0.29, 0.717) is 6.42 Å². The molecule has 3 aromatic rings. The van der Waals surface area contributed by atoms with Crippen molar-refractivity contribution in [3.8, 4) is 0 Å². The molecule has 0 fully saturated rings. The zero-order valence-corrected chi connectivity index (χ0v) is 17.3. The molecule has 0 bridgehead atoms. The van der Waals surface area contributed by atoms with E-state index in [1.54, 1.807) is 0 Å². The third-order valence-electron chi connectivity index (χ3n) is 3.65. The van der Waals surface area contributed by atoms with E-state index < -0.39 is 25.7 Å². The van der Waals surface area contributed by atoms with E-state index in [0.717, 1.165) is 6.42 Å². The van der Waals surface area contributed by atoms with Gasteiger partial charge in [0.25, 0.3) is 0 Å². The van der Waals surface area contributed by atoms with Crippen molar-refractivity contribution in [2.45, 2.75) is 19.8 Å². The number of aliphatic carboxylic acids is 1. The first-order valence-electron chi connectivity index (χ1n) is 8.47. The summed E-state index contributed by atoms with van der Waals surface area (Å²) in [7, 11) is 0. The molecule has 0 heterocycles. The van der Waals surface area contributed by atoms with Crippen molar-refractivity contribution >= 4 is 36.5 Å². The summed E-state index contributed by atoms with van der Waals surface area (Å²) in [6, 6.07) is 32.9. The minimum absolute atomic E-state index is 0.292. The average molecular weight is 438 g/mol. The number of hydrogen-bond acceptors (Lipinski definition) is 1. The quantitative estimate of drug-likeness (QED) is 0.623. The predicted molar refractivity (Wildman–Crippen MR) is 107 cm³/mol. The standard InChI is InChI=1S/3C6H5.C4H8O2.Sn/c3*1-2-4-6-5-3-1;1-2-3-4(5)6;/h3*1-5H;2-3H2,1H3,(H,5,6);. The van der Waals surface area contributed by atoms with Gasteiger partial charge in [0.05, 0.1) is 0 Å². The van der Waals surface area contributed by atoms with Crippen LogP contribution in [0.5, 0.6) is 0 Å². The maximum atomic E-state index is 9.60. The fraction of sp³-hybridized carbons (Fsp3) is 0.136. The molecule has 0 spiro atoms. The molecule has 0 amide bonds. The molecule has 0 atom stereocenters. The third-order valence-corrected chi connectivity index (χ3v) is 11.4. The summed E-state index contributed by atoms with van der Waals surface area (Å²) in [5.41, 5.74) is 0. The Morgan fingerprint density at radius 3 is 1.24 bits per heavy atom. The van der Waals surface area contributed by atoms with E-state index in [9.17, 15) is 4.79 Å². The first kappa shape index (κ1) is 19.3. The molecule has 3 aromatic carbocycles. The number of benzene rings is 3. The van der Waals surface area contributed by atoms with Gasteiger partial charge >= 0.3 is 127 Å². The van der Waals surface area contributed by atoms with Crippen LogP contribution in [0.2, 0.25) is 0 Å². The second-order valence-electron chi connectivity index (χ2n) is 5.62. The molecule has 2 nitrogen and oxygen atoms in total. The summed E-state index contributed by atoms with van der Waals surface area (Å²) in [4.78, 5) is 9.60. The van der Waals surface area contributed by atoms with Crippen LogP contribution < -0.4 is 10.7 Å². The van der Waals surface area contributed by atoms with Gasteiger partial charge in [-0.3, -0.25) is 4.79 Å². The molecular formula is C22H23O2Sn. The molecule has 3 heteroatoms. The maximum absolute atomic E-state index is 9.60. The monoisotopic (exact) mass is 439 g/mol. The summed E-state index contributed by atoms with van der Waals surface area (Å²) in [5.74, 6) is -0.711. The first-order valence-corrected chi connectivity index (χ1v) is 12.8. The Kier molecular flexibility index (Phi) is 8.26. The fourth-order valence-corrected chi connectivity index (χ4v) is 9.88. The van der Waals surface area contributed by atoms with Gasteiger partial charge in [-0.1, -0.05) is 6.92 Å². The van der Waals surface area contributed by atoms with E-state index >= 15 is 0 Å². The van der Waals surface area contributed by atoms with Crippen molar-refractivity contribution in [3.63, 3.8) is 0 Å². The topological polar surface area (TPSA) is 37.3 Å². The number of carboxylic acids is 1. The van der Waals surface area contributed by atoms with Crippen LogP contribution in [-0.4, -0.2) is 30.8 Å². The molecule has 0 unspecified atom stereocenters. The summed E-state index contributed by atoms with van der Waals surface area (Å²) < 4.78 is 4.59. The fourth-order valence-electron chi connectivity index (χ4n) is 2.53. The van der Waals surface area contributed by atoms with Gasteiger partial charge in [0.1, 0.15) is 0 Å². The van der Waals surface area contributed by atoms with Gasteiger partial charge in [0, 0.05) is 6.42 Å². The molecule has 0 aliphatic carbocycles. The van der Waals surface area contributed by atoms with Crippen molar-refractivity contribution in [1.29, 1.82) is 0 Å². The molecule has 25 heavy (non-hydrogen) atoms. The van der Waals surface area contributed by atoms with E-state index in [4.69, 9.17) is 5.11 Å². The second kappa shape index (κ2) is 10.7. The van der Waals surface area contributed by atoms with E-state index in [2.05, 4.69) is 91.0 Å². The molecular weight excluding hydrogens is 415 g/mol. The Morgan fingerprint density at radius 2 is 1.04 bits per heavy atom. The molecule has 127 valence electrons. The number of carboxylic acid groups (broad SMARTS) is 1. The molecule has 0 aliphatic heterocycles. The van der Waals surface area contributed by atoms with Gasteiger partial charge in [0.2, 0.25) is 0 Å². The van der Waals surface area contributed by atoms with Gasteiger partial charge < -0.3 is 5.11 Å². The second-order valence-corrected chi connectivity index (χ2v) is 12.7. The van der Waals surface area contributed by atoms with Crippen LogP contribution in [0.3, 0.4) is 0 Å². The Bertz CT molecular complexity index is 649. The van der Waals surface area contributed by atoms with Gasteiger partial charge in [-0.05, 0) is 6.42 Å². The van der Waals surface area contributed by atoms with Crippen molar-refractivity contribution in [2.24, 2.45) is 0 Å². The Morgan fingerprint density at radius 1 is 0.720 bits per heavy atom. The molecule has 1 radical (unpaired) electrons. The zero-order chi connectivity index (χ0) is 17.9. The molecule has 0 saturated carbocycles. The van der Waals surface area contributed by atoms with Gasteiger partial charge in [-0.25, -0.2) is 0 Å². The average Bonchev–Trinajstić information content (AvgIpc) is 2.65. The Hall–Kier alpha value is -2.07. The van der Waals surface area contributed by atoms with Crippen LogP contribution in [-0.2, 0) is 4.79 Å². The van der Waals surface area contributed by atoms with Crippen molar-refractivity contribution < 1.29 is 9.90 Å². The van der Waals surface area contributed by atoms with Crippen molar-refractivity contribution in [1.82, 2.24) is 0 Å². The van der Waals surface area contributed by atoms with Crippen molar-refractivity contribution in [2.75, 3.05) is 0 Å². The predicted octanol–water partition coefficient (Wildman–Crippen LogP) is 3.07. The van der Waals surface area contributed by atoms with Gasteiger partial charge in [-0.15, -0.1) is 0 Å². The third kappa shape index (κ3) is 6.39. The summed E-state index contributed by atoms with van der Waals surface area (Å²) in [6.45, 7) is 1.84. The SMILES string of the molecule is CCCC(=O)O.c1cc[c]([Sn]([c]2ccccc2)[c]2ccccc2)cc1. The summed E-state index contributed by atoms with van der Waals surface area (Å²) >= 11 is -1.98. The molecule has 0 aromatic heterocycles. The summed E-state index contributed by atoms with van der Waals surface area (Å²) in [6.07, 6.45) is 1.02. The Balaban J connectivity index is 0.000000326. The number of carbonyl (C=O) groups is 1. The minimum atomic E-state index is -1.98. The first-order chi connectivity index (χ1) is 12.2. The van der Waals surface area contributed by atoms with Crippen LogP contribution in [0, 0.1) is 0 Å². The molecule has 0 aliphatic rings. The molecule has 1 N–H and O–H groups in total. The van der Waals surface area contributed by atoms with Crippen LogP contribution in [0.4, 0.5) is 0 Å². The van der Waals surface area contributed by atoms with Crippen LogP contribution in [0.25, 0.3) is 0 Å². The van der Waals surface area contributed by atoms with Crippen LogP contribution in [0.15, 0.2) is 91.0 Å². The zero-order valence-electron chi connectivity index (χ0n) is 14.4. The Labute approximate surface area is 156 Å². The van der Waals surface area contributed by atoms with E-state index in [1.807, 2.05) is 6.92 Å².